The van der Waals surface area contributed by atoms with E-state index >= 15 is 0 Å². The number of ether oxygens (including phenoxy) is 2. The molecule has 2 aliphatic heterocycles. The Labute approximate surface area is 283 Å². The van der Waals surface area contributed by atoms with Gasteiger partial charge in [-0.3, -0.25) is 9.59 Å². The number of nitrogens with one attached hydrogen (secondary N) is 2. The summed E-state index contributed by atoms with van der Waals surface area (Å²) in [6.45, 7) is 12.2. The Morgan fingerprint density at radius 2 is 1.83 bits per heavy atom. The first-order chi connectivity index (χ1) is 23.3. The molecule has 0 saturated carbocycles. The van der Waals surface area contributed by atoms with Crippen molar-refractivity contribution < 1.29 is 23.6 Å². The molecule has 1 aromatic heterocycles. The van der Waals surface area contributed by atoms with E-state index in [0.29, 0.717) is 55.9 Å². The summed E-state index contributed by atoms with van der Waals surface area (Å²) in [5.74, 6) is 1.24. The minimum Gasteiger partial charge on any atom is -0.488 e. The fourth-order valence-corrected chi connectivity index (χ4v) is 6.66. The largest absolute Gasteiger partial charge is 0.488 e. The maximum atomic E-state index is 13.4. The summed E-state index contributed by atoms with van der Waals surface area (Å²) in [7, 11) is 0. The van der Waals surface area contributed by atoms with Gasteiger partial charge in [-0.1, -0.05) is 67.5 Å². The lowest BCUT2D eigenvalue weighted by Crippen LogP contribution is -2.45. The summed E-state index contributed by atoms with van der Waals surface area (Å²) in [5, 5.41) is 10.7. The Morgan fingerprint density at radius 3 is 2.58 bits per heavy atom. The van der Waals surface area contributed by atoms with Crippen LogP contribution < -0.4 is 15.4 Å². The van der Waals surface area contributed by atoms with Crippen LogP contribution in [0.3, 0.4) is 0 Å². The predicted octanol–water partition coefficient (Wildman–Crippen LogP) is 6.42. The van der Waals surface area contributed by atoms with Crippen LogP contribution >= 0.6 is 0 Å². The molecule has 48 heavy (non-hydrogen) atoms. The zero-order valence-electron chi connectivity index (χ0n) is 28.4. The number of aromatic nitrogens is 1. The minimum absolute atomic E-state index is 0.111. The molecule has 1 saturated heterocycles. The van der Waals surface area contributed by atoms with E-state index in [2.05, 4.69) is 60.8 Å². The summed E-state index contributed by atoms with van der Waals surface area (Å²) < 4.78 is 18.0. The van der Waals surface area contributed by atoms with Crippen molar-refractivity contribution in [2.75, 3.05) is 32.8 Å². The first-order valence-electron chi connectivity index (χ1n) is 17.1. The third-order valence-electron chi connectivity index (χ3n) is 9.34. The molecule has 2 N–H and O–H groups in total. The number of rotatable bonds is 11. The second-order valence-electron chi connectivity index (χ2n) is 13.0. The van der Waals surface area contributed by atoms with Crippen LogP contribution in [0.15, 0.2) is 65.2 Å². The fraction of sp³-hybridized carbons (Fsp3) is 0.410. The number of hydrogen-bond acceptors (Lipinski definition) is 7. The summed E-state index contributed by atoms with van der Waals surface area (Å²) in [4.78, 5) is 28.4. The van der Waals surface area contributed by atoms with Crippen molar-refractivity contribution in [3.05, 3.63) is 94.2 Å². The lowest BCUT2D eigenvalue weighted by Gasteiger charge is -2.30. The van der Waals surface area contributed by atoms with Crippen LogP contribution in [0.25, 0.3) is 22.5 Å². The summed E-state index contributed by atoms with van der Waals surface area (Å²) in [5.41, 5.74) is 8.05. The van der Waals surface area contributed by atoms with Crippen LogP contribution in [-0.2, 0) is 29.1 Å². The van der Waals surface area contributed by atoms with Crippen LogP contribution in [0.2, 0.25) is 0 Å². The number of carbonyl (C=O) groups excluding carboxylic acids is 2. The van der Waals surface area contributed by atoms with Crippen molar-refractivity contribution in [1.82, 2.24) is 20.7 Å². The Kier molecular flexibility index (Phi) is 10.6. The zero-order valence-corrected chi connectivity index (χ0v) is 28.4. The SMILES string of the molecule is CCNC(=O)c1noc(-c2cc(C(C)C)c(C)cc2OCc2ccccc2)c1-c1ccc2c(c1)CCN(C(=O)CNC1CCOCC1)C2. The van der Waals surface area contributed by atoms with E-state index in [0.717, 1.165) is 65.9 Å². The van der Waals surface area contributed by atoms with Gasteiger partial charge in [-0.05, 0) is 84.5 Å². The van der Waals surface area contributed by atoms with Crippen molar-refractivity contribution in [1.29, 1.82) is 0 Å². The molecule has 2 aliphatic rings. The second kappa shape index (κ2) is 15.2. The Balaban J connectivity index is 1.33. The third-order valence-corrected chi connectivity index (χ3v) is 9.34. The molecule has 0 bridgehead atoms. The minimum atomic E-state index is -0.294. The van der Waals surface area contributed by atoms with Gasteiger partial charge in [-0.15, -0.1) is 0 Å². The van der Waals surface area contributed by atoms with E-state index in [1.807, 2.05) is 48.2 Å². The number of carbonyl (C=O) groups is 2. The lowest BCUT2D eigenvalue weighted by molar-refractivity contribution is -0.131. The molecule has 0 atom stereocenters. The number of aryl methyl sites for hydroxylation is 1. The number of hydrogen-bond donors (Lipinski definition) is 2. The smallest absolute Gasteiger partial charge is 0.274 e. The van der Waals surface area contributed by atoms with Gasteiger partial charge in [0.25, 0.3) is 5.91 Å². The first kappa shape index (κ1) is 33.4. The second-order valence-corrected chi connectivity index (χ2v) is 13.0. The Bertz CT molecular complexity index is 1740. The van der Waals surface area contributed by atoms with Crippen molar-refractivity contribution in [3.8, 4) is 28.2 Å². The Morgan fingerprint density at radius 1 is 1.04 bits per heavy atom. The molecular formula is C39H46N4O5. The van der Waals surface area contributed by atoms with Gasteiger partial charge < -0.3 is 29.5 Å². The predicted molar refractivity (Wildman–Crippen MR) is 186 cm³/mol. The quantitative estimate of drug-likeness (QED) is 0.193. The summed E-state index contributed by atoms with van der Waals surface area (Å²) >= 11 is 0. The van der Waals surface area contributed by atoms with Crippen LogP contribution in [0.1, 0.15) is 77.8 Å². The third kappa shape index (κ3) is 7.48. The van der Waals surface area contributed by atoms with E-state index in [1.54, 1.807) is 0 Å². The van der Waals surface area contributed by atoms with E-state index in [4.69, 9.17) is 14.0 Å². The molecule has 0 spiro atoms. The van der Waals surface area contributed by atoms with Gasteiger partial charge in [0.05, 0.1) is 17.7 Å². The van der Waals surface area contributed by atoms with Crippen molar-refractivity contribution in [3.63, 3.8) is 0 Å². The highest BCUT2D eigenvalue weighted by Gasteiger charge is 2.29. The van der Waals surface area contributed by atoms with Gasteiger partial charge in [0, 0.05) is 38.9 Å². The van der Waals surface area contributed by atoms with Gasteiger partial charge in [0.2, 0.25) is 5.91 Å². The van der Waals surface area contributed by atoms with Crippen LogP contribution in [-0.4, -0.2) is 60.8 Å². The molecule has 6 rings (SSSR count). The molecule has 2 amide bonds. The standard InChI is InChI=1S/C39H46N4O5/c1-5-40-39(45)37-36(29-11-12-30-23-43(16-13-28(30)20-29)35(44)22-41-31-14-17-46-18-15-31)38(48-42-37)33-21-32(25(2)3)26(4)19-34(33)47-24-27-9-7-6-8-10-27/h6-12,19-21,25,31,41H,5,13-18,22-24H2,1-4H3,(H,40,45). The number of nitrogens with zero attached hydrogens (tertiary/aromatic N) is 2. The molecule has 0 unspecified atom stereocenters. The maximum Gasteiger partial charge on any atom is 0.274 e. The van der Waals surface area contributed by atoms with E-state index in [1.165, 1.54) is 5.56 Å². The van der Waals surface area contributed by atoms with E-state index < -0.39 is 0 Å². The van der Waals surface area contributed by atoms with Crippen molar-refractivity contribution >= 4 is 11.8 Å². The zero-order chi connectivity index (χ0) is 33.6. The number of benzene rings is 3. The highest BCUT2D eigenvalue weighted by molar-refractivity contribution is 6.02. The summed E-state index contributed by atoms with van der Waals surface area (Å²) in [6.07, 6.45) is 2.59. The van der Waals surface area contributed by atoms with E-state index in [9.17, 15) is 9.59 Å². The monoisotopic (exact) mass is 650 g/mol. The van der Waals surface area contributed by atoms with Crippen LogP contribution in [0, 0.1) is 6.92 Å². The molecule has 0 radical (unpaired) electrons. The van der Waals surface area contributed by atoms with E-state index in [-0.39, 0.29) is 23.4 Å². The molecule has 252 valence electrons. The van der Waals surface area contributed by atoms with Gasteiger partial charge in [0.1, 0.15) is 12.4 Å². The van der Waals surface area contributed by atoms with Gasteiger partial charge in [-0.25, -0.2) is 0 Å². The number of amides is 2. The van der Waals surface area contributed by atoms with Crippen LogP contribution in [0.5, 0.6) is 5.75 Å². The normalized spacial score (nSPS) is 15.0. The average molecular weight is 651 g/mol. The highest BCUT2D eigenvalue weighted by atomic mass is 16.5. The van der Waals surface area contributed by atoms with Crippen LogP contribution in [0.4, 0.5) is 0 Å². The van der Waals surface area contributed by atoms with Crippen molar-refractivity contribution in [2.24, 2.45) is 0 Å². The Hall–Kier alpha value is -4.47. The molecule has 3 heterocycles. The summed E-state index contributed by atoms with van der Waals surface area (Å²) in [6, 6.07) is 20.7. The molecule has 3 aromatic carbocycles. The first-order valence-corrected chi connectivity index (χ1v) is 17.1. The number of fused-ring (bicyclic) bond motifs is 1. The van der Waals surface area contributed by atoms with Crippen molar-refractivity contribution in [2.45, 2.75) is 72.1 Å². The maximum absolute atomic E-state index is 13.4. The molecule has 9 heteroatoms. The van der Waals surface area contributed by atoms with Gasteiger partial charge in [-0.2, -0.15) is 0 Å². The molecule has 1 fully saturated rings. The fourth-order valence-electron chi connectivity index (χ4n) is 6.66. The van der Waals surface area contributed by atoms with Gasteiger partial charge >= 0.3 is 0 Å². The highest BCUT2D eigenvalue weighted by Crippen LogP contribution is 2.43. The molecule has 0 aliphatic carbocycles. The average Bonchev–Trinajstić information content (AvgIpc) is 3.55. The molecule has 4 aromatic rings. The molecular weight excluding hydrogens is 604 g/mol. The molecule has 9 nitrogen and oxygen atoms in total. The topological polar surface area (TPSA) is 106 Å². The lowest BCUT2D eigenvalue weighted by atomic mass is 9.90. The van der Waals surface area contributed by atoms with Gasteiger partial charge in [0.15, 0.2) is 11.5 Å².